The van der Waals surface area contributed by atoms with E-state index in [1.165, 1.54) is 18.2 Å². The molecule has 3 rings (SSSR count). The summed E-state index contributed by atoms with van der Waals surface area (Å²) in [5.41, 5.74) is -5.30. The van der Waals surface area contributed by atoms with E-state index in [0.29, 0.717) is 6.20 Å². The molecular formula is C16H12F6N2O2S2. The largest absolute Gasteiger partial charge is 0.611 e. The van der Waals surface area contributed by atoms with Crippen molar-refractivity contribution < 1.29 is 35.6 Å². The smallest absolute Gasteiger partial charge is 0.446 e. The van der Waals surface area contributed by atoms with E-state index in [2.05, 4.69) is 10.3 Å². The molecule has 28 heavy (non-hydrogen) atoms. The fraction of sp³-hybridized carbons (Fsp3) is 0.312. The van der Waals surface area contributed by atoms with E-state index < -0.39 is 34.7 Å². The molecule has 1 N–H and O–H groups in total. The lowest BCUT2D eigenvalue weighted by atomic mass is 10.2. The topological polar surface area (TPSA) is 57.2 Å². The first-order valence-electron chi connectivity index (χ1n) is 7.76. The maximum absolute atomic E-state index is 13.0. The summed E-state index contributed by atoms with van der Waals surface area (Å²) in [6.45, 7) is 1.54. The van der Waals surface area contributed by atoms with Gasteiger partial charge in [0.05, 0.1) is 11.3 Å². The second kappa shape index (κ2) is 7.56. The van der Waals surface area contributed by atoms with Crippen LogP contribution in [0.4, 0.5) is 32.0 Å². The van der Waals surface area contributed by atoms with E-state index in [1.807, 2.05) is 0 Å². The van der Waals surface area contributed by atoms with Crippen LogP contribution in [0.15, 0.2) is 40.3 Å². The minimum absolute atomic E-state index is 0.0191. The molecule has 0 aliphatic carbocycles. The molecule has 1 aliphatic rings. The number of fused-ring (bicyclic) bond motifs is 1. The number of thioether (sulfide) groups is 1. The van der Waals surface area contributed by atoms with Crippen molar-refractivity contribution in [3.05, 3.63) is 41.7 Å². The second-order valence-corrected chi connectivity index (χ2v) is 8.43. The summed E-state index contributed by atoms with van der Waals surface area (Å²) in [5, 5.41) is 2.77. The highest BCUT2D eigenvalue weighted by Gasteiger charge is 2.37. The Morgan fingerprint density at radius 1 is 1.21 bits per heavy atom. The lowest BCUT2D eigenvalue weighted by molar-refractivity contribution is -0.138. The molecule has 0 fully saturated rings. The number of hydrogen-bond acceptors (Lipinski definition) is 5. The Hall–Kier alpha value is -1.79. The fourth-order valence-electron chi connectivity index (χ4n) is 2.49. The lowest BCUT2D eigenvalue weighted by Crippen LogP contribution is -2.20. The van der Waals surface area contributed by atoms with Crippen LogP contribution in [0.5, 0.6) is 5.75 Å². The van der Waals surface area contributed by atoms with Gasteiger partial charge in [-0.3, -0.25) is 0 Å². The van der Waals surface area contributed by atoms with E-state index in [4.69, 9.17) is 4.74 Å². The number of aromatic nitrogens is 1. The van der Waals surface area contributed by atoms with Gasteiger partial charge in [0.25, 0.3) is 0 Å². The highest BCUT2D eigenvalue weighted by Crippen LogP contribution is 2.44. The lowest BCUT2D eigenvalue weighted by Gasteiger charge is -2.18. The van der Waals surface area contributed by atoms with Crippen molar-refractivity contribution in [3.63, 3.8) is 0 Å². The molecule has 1 aliphatic heterocycles. The Balaban J connectivity index is 1.91. The van der Waals surface area contributed by atoms with Crippen molar-refractivity contribution in [2.75, 3.05) is 11.1 Å². The molecule has 0 spiro atoms. The predicted octanol–water partition coefficient (Wildman–Crippen LogP) is 5.34. The van der Waals surface area contributed by atoms with Gasteiger partial charge in [-0.05, 0) is 48.1 Å². The number of pyridine rings is 1. The van der Waals surface area contributed by atoms with Gasteiger partial charge in [-0.2, -0.15) is 26.3 Å². The first-order valence-corrected chi connectivity index (χ1v) is 9.90. The summed E-state index contributed by atoms with van der Waals surface area (Å²) >= 11 is -2.07. The van der Waals surface area contributed by atoms with Crippen molar-refractivity contribution in [3.8, 4) is 5.75 Å². The van der Waals surface area contributed by atoms with E-state index in [-0.39, 0.29) is 44.4 Å². The third-order valence-corrected chi connectivity index (χ3v) is 5.74. The number of anilines is 1. The van der Waals surface area contributed by atoms with Gasteiger partial charge in [-0.1, -0.05) is 0 Å². The van der Waals surface area contributed by atoms with Gasteiger partial charge >= 0.3 is 11.7 Å². The van der Waals surface area contributed by atoms with E-state index in [1.54, 1.807) is 6.92 Å². The Morgan fingerprint density at radius 3 is 2.54 bits per heavy atom. The zero-order valence-corrected chi connectivity index (χ0v) is 15.7. The Labute approximate surface area is 162 Å². The molecular weight excluding hydrogens is 430 g/mol. The van der Waals surface area contributed by atoms with Gasteiger partial charge < -0.3 is 14.6 Å². The SMILES string of the molecule is CC[S+]([O-])c1cc(C(F)(F)F)cnc1C1Nc2cc(SC(F)(F)F)ccc2O1. The van der Waals surface area contributed by atoms with Crippen molar-refractivity contribution in [2.24, 2.45) is 0 Å². The monoisotopic (exact) mass is 442 g/mol. The van der Waals surface area contributed by atoms with Gasteiger partial charge in [0.1, 0.15) is 11.5 Å². The molecule has 4 nitrogen and oxygen atoms in total. The predicted molar refractivity (Wildman–Crippen MR) is 91.5 cm³/mol. The van der Waals surface area contributed by atoms with Crippen LogP contribution in [0.2, 0.25) is 0 Å². The molecule has 0 radical (unpaired) electrons. The highest BCUT2D eigenvalue weighted by molar-refractivity contribution is 8.00. The zero-order valence-electron chi connectivity index (χ0n) is 14.0. The molecule has 2 unspecified atom stereocenters. The van der Waals surface area contributed by atoms with Crippen LogP contribution < -0.4 is 10.1 Å². The molecule has 152 valence electrons. The molecule has 0 saturated heterocycles. The average molecular weight is 442 g/mol. The van der Waals surface area contributed by atoms with Gasteiger partial charge in [-0.25, -0.2) is 4.98 Å². The minimum Gasteiger partial charge on any atom is -0.611 e. The first kappa shape index (κ1) is 20.9. The van der Waals surface area contributed by atoms with Gasteiger partial charge in [0.15, 0.2) is 10.6 Å². The Morgan fingerprint density at radius 2 is 1.93 bits per heavy atom. The molecule has 12 heteroatoms. The summed E-state index contributed by atoms with van der Waals surface area (Å²) in [7, 11) is 0. The standard InChI is InChI=1S/C16H12F6N2O2S2/c1-2-28(25)12-5-8(15(17,18)19)7-23-13(12)14-24-10-6-9(27-16(20,21)22)3-4-11(10)26-14/h3-7,14,24H,2H2,1H3. The van der Waals surface area contributed by atoms with Crippen LogP contribution in [0.25, 0.3) is 0 Å². The summed E-state index contributed by atoms with van der Waals surface area (Å²) in [4.78, 5) is 3.55. The zero-order chi connectivity index (χ0) is 20.7. The quantitative estimate of drug-likeness (QED) is 0.393. The summed E-state index contributed by atoms with van der Waals surface area (Å²) in [6.07, 6.45) is -5.13. The van der Waals surface area contributed by atoms with Crippen molar-refractivity contribution in [2.45, 2.75) is 34.6 Å². The van der Waals surface area contributed by atoms with E-state index >= 15 is 0 Å². The van der Waals surface area contributed by atoms with Crippen LogP contribution >= 0.6 is 11.8 Å². The number of nitrogens with zero attached hydrogens (tertiary/aromatic N) is 1. The maximum atomic E-state index is 13.0. The Kier molecular flexibility index (Phi) is 5.65. The number of halogens is 6. The van der Waals surface area contributed by atoms with Crippen LogP contribution in [0, 0.1) is 0 Å². The first-order chi connectivity index (χ1) is 13.0. The summed E-state index contributed by atoms with van der Waals surface area (Å²) in [6, 6.07) is 4.50. The highest BCUT2D eigenvalue weighted by atomic mass is 32.2. The summed E-state index contributed by atoms with van der Waals surface area (Å²) in [5.74, 6) is 0.272. The molecule has 2 atom stereocenters. The van der Waals surface area contributed by atoms with Gasteiger partial charge in [0, 0.05) is 17.2 Å². The molecule has 1 aromatic carbocycles. The molecule has 0 bridgehead atoms. The van der Waals surface area contributed by atoms with Crippen LogP contribution in [-0.2, 0) is 17.4 Å². The number of rotatable bonds is 4. The second-order valence-electron chi connectivity index (χ2n) is 5.59. The molecule has 2 heterocycles. The fourth-order valence-corrected chi connectivity index (χ4v) is 4.03. The van der Waals surface area contributed by atoms with E-state index in [9.17, 15) is 30.9 Å². The van der Waals surface area contributed by atoms with E-state index in [0.717, 1.165) is 6.07 Å². The molecule has 0 saturated carbocycles. The molecule has 1 aromatic heterocycles. The van der Waals surface area contributed by atoms with Gasteiger partial charge in [0.2, 0.25) is 6.23 Å². The number of benzene rings is 1. The van der Waals surface area contributed by atoms with Crippen LogP contribution in [0.3, 0.4) is 0 Å². The van der Waals surface area contributed by atoms with Crippen LogP contribution in [0.1, 0.15) is 24.4 Å². The molecule has 2 aromatic rings. The Bertz CT molecular complexity index is 875. The number of alkyl halides is 6. The van der Waals surface area contributed by atoms with Crippen molar-refractivity contribution >= 4 is 28.6 Å². The number of nitrogens with one attached hydrogen (secondary N) is 1. The molecule has 0 amide bonds. The minimum atomic E-state index is -4.66. The third-order valence-electron chi connectivity index (χ3n) is 3.68. The maximum Gasteiger partial charge on any atom is 0.446 e. The summed E-state index contributed by atoms with van der Waals surface area (Å²) < 4.78 is 94.3. The number of hydrogen-bond donors (Lipinski definition) is 1. The van der Waals surface area contributed by atoms with Crippen molar-refractivity contribution in [1.29, 1.82) is 0 Å². The van der Waals surface area contributed by atoms with Gasteiger partial charge in [-0.15, -0.1) is 0 Å². The number of ether oxygens (including phenoxy) is 1. The average Bonchev–Trinajstić information content (AvgIpc) is 3.01. The normalized spacial score (nSPS) is 17.6. The third kappa shape index (κ3) is 4.61. The van der Waals surface area contributed by atoms with Crippen LogP contribution in [-0.4, -0.2) is 20.8 Å². The van der Waals surface area contributed by atoms with Crippen molar-refractivity contribution in [1.82, 2.24) is 4.98 Å².